The first-order valence-corrected chi connectivity index (χ1v) is 10.2. The number of nitrogens with zero attached hydrogens (tertiary/aromatic N) is 4. The molecule has 1 aromatic carbocycles. The number of ether oxygens (including phenoxy) is 1. The van der Waals surface area contributed by atoms with E-state index in [1.807, 2.05) is 6.08 Å². The Hall–Kier alpha value is -3.67. The van der Waals surface area contributed by atoms with Crippen molar-refractivity contribution in [3.8, 4) is 24.0 Å². The molecule has 1 heterocycles. The maximum absolute atomic E-state index is 11.0. The standard InChI is InChI=1S/C23H24N6O2/c1-2-8-29-9-7-17-18(10-24)22(28)23(13-25,14-26)21(19(17)11-29)15-3-5-16(6-4-15)31-12-20(27)30/h3-7,18-19,21,28H,2,8-9,11-12H2,1H3,(H2,27,30)/t18?,19-,21+/m1/s1. The summed E-state index contributed by atoms with van der Waals surface area (Å²) in [7, 11) is 0. The molecule has 0 spiro atoms. The molecule has 0 bridgehead atoms. The minimum atomic E-state index is -1.74. The smallest absolute Gasteiger partial charge is 0.255 e. The first kappa shape index (κ1) is 22.0. The van der Waals surface area contributed by atoms with Crippen molar-refractivity contribution in [2.45, 2.75) is 19.3 Å². The molecule has 0 saturated heterocycles. The molecule has 8 nitrogen and oxygen atoms in total. The van der Waals surface area contributed by atoms with Gasteiger partial charge in [0.25, 0.3) is 5.91 Å². The number of hydrogen-bond acceptors (Lipinski definition) is 7. The van der Waals surface area contributed by atoms with Crippen LogP contribution < -0.4 is 10.5 Å². The van der Waals surface area contributed by atoms with Crippen LogP contribution in [0.15, 0.2) is 35.9 Å². The van der Waals surface area contributed by atoms with E-state index in [-0.39, 0.29) is 18.2 Å². The van der Waals surface area contributed by atoms with Gasteiger partial charge in [-0.05, 0) is 36.2 Å². The predicted octanol–water partition coefficient (Wildman–Crippen LogP) is 2.11. The summed E-state index contributed by atoms with van der Waals surface area (Å²) in [6, 6.07) is 13.2. The highest BCUT2D eigenvalue weighted by molar-refractivity contribution is 6.00. The Morgan fingerprint density at radius 1 is 1.29 bits per heavy atom. The van der Waals surface area contributed by atoms with Crippen LogP contribution in [0.5, 0.6) is 5.75 Å². The predicted molar refractivity (Wildman–Crippen MR) is 113 cm³/mol. The van der Waals surface area contributed by atoms with Crippen LogP contribution in [0.4, 0.5) is 0 Å². The summed E-state index contributed by atoms with van der Waals surface area (Å²) in [5.74, 6) is -1.86. The fourth-order valence-electron chi connectivity index (χ4n) is 4.67. The molecule has 0 radical (unpaired) electrons. The van der Waals surface area contributed by atoms with Gasteiger partial charge in [0.05, 0.1) is 23.9 Å². The molecule has 1 aliphatic carbocycles. The van der Waals surface area contributed by atoms with E-state index < -0.39 is 23.2 Å². The third-order valence-electron chi connectivity index (χ3n) is 6.03. The first-order valence-electron chi connectivity index (χ1n) is 10.2. The van der Waals surface area contributed by atoms with Crippen LogP contribution in [0, 0.1) is 56.7 Å². The lowest BCUT2D eigenvalue weighted by atomic mass is 9.54. The fourth-order valence-corrected chi connectivity index (χ4v) is 4.67. The Kier molecular flexibility index (Phi) is 6.39. The van der Waals surface area contributed by atoms with Crippen LogP contribution in [-0.2, 0) is 4.79 Å². The lowest BCUT2D eigenvalue weighted by molar-refractivity contribution is -0.119. The number of nitrogens with two attached hydrogens (primary N) is 1. The number of nitrogens with one attached hydrogen (secondary N) is 1. The maximum Gasteiger partial charge on any atom is 0.255 e. The Labute approximate surface area is 181 Å². The Balaban J connectivity index is 2.09. The number of nitriles is 3. The number of benzene rings is 1. The quantitative estimate of drug-likeness (QED) is 0.678. The van der Waals surface area contributed by atoms with Gasteiger partial charge in [0.15, 0.2) is 12.0 Å². The van der Waals surface area contributed by atoms with Crippen molar-refractivity contribution < 1.29 is 9.53 Å². The van der Waals surface area contributed by atoms with E-state index >= 15 is 0 Å². The highest BCUT2D eigenvalue weighted by Crippen LogP contribution is 2.53. The van der Waals surface area contributed by atoms with Crippen LogP contribution >= 0.6 is 0 Å². The SMILES string of the molecule is CCCN1CC=C2C(C#N)C(=N)C(C#N)(C#N)[C@@H](c3ccc(OCC(N)=O)cc3)[C@@H]2C1. The molecule has 1 aliphatic heterocycles. The van der Waals surface area contributed by atoms with Gasteiger partial charge in [0.1, 0.15) is 11.7 Å². The Bertz CT molecular complexity index is 1010. The van der Waals surface area contributed by atoms with E-state index in [4.69, 9.17) is 15.9 Å². The zero-order valence-corrected chi connectivity index (χ0v) is 17.3. The van der Waals surface area contributed by atoms with Crippen LogP contribution in [-0.4, -0.2) is 42.8 Å². The number of hydrogen-bond donors (Lipinski definition) is 2. The summed E-state index contributed by atoms with van der Waals surface area (Å²) < 4.78 is 5.32. The maximum atomic E-state index is 11.0. The number of amides is 1. The second-order valence-corrected chi connectivity index (χ2v) is 7.88. The Morgan fingerprint density at radius 2 is 1.97 bits per heavy atom. The topological polar surface area (TPSA) is 151 Å². The lowest BCUT2D eigenvalue weighted by Gasteiger charge is -2.47. The number of rotatable bonds is 6. The minimum absolute atomic E-state index is 0.162. The van der Waals surface area contributed by atoms with Gasteiger partial charge < -0.3 is 15.9 Å². The number of primary amides is 1. The molecule has 1 unspecified atom stereocenters. The van der Waals surface area contributed by atoms with Gasteiger partial charge in [-0.3, -0.25) is 9.69 Å². The summed E-state index contributed by atoms with van der Waals surface area (Å²) in [4.78, 5) is 13.2. The molecule has 3 atom stereocenters. The third-order valence-corrected chi connectivity index (χ3v) is 6.03. The van der Waals surface area contributed by atoms with Crippen molar-refractivity contribution in [1.29, 1.82) is 21.2 Å². The lowest BCUT2D eigenvalue weighted by Crippen LogP contribution is -2.52. The average Bonchev–Trinajstić information content (AvgIpc) is 2.78. The molecule has 3 N–H and O–H groups in total. The molecule has 3 rings (SSSR count). The fraction of sp³-hybridized carbons (Fsp3) is 0.435. The first-order chi connectivity index (χ1) is 14.9. The van der Waals surface area contributed by atoms with Gasteiger partial charge in [-0.25, -0.2) is 0 Å². The van der Waals surface area contributed by atoms with Crippen LogP contribution in [0.25, 0.3) is 0 Å². The van der Waals surface area contributed by atoms with Gasteiger partial charge in [-0.1, -0.05) is 25.1 Å². The van der Waals surface area contributed by atoms with Crippen LogP contribution in [0.1, 0.15) is 24.8 Å². The highest BCUT2D eigenvalue weighted by atomic mass is 16.5. The molecular formula is C23H24N6O2. The van der Waals surface area contributed by atoms with Crippen molar-refractivity contribution in [2.24, 2.45) is 23.0 Å². The molecule has 2 aliphatic rings. The van der Waals surface area contributed by atoms with Crippen molar-refractivity contribution in [1.82, 2.24) is 4.90 Å². The third kappa shape index (κ3) is 3.89. The van der Waals surface area contributed by atoms with Gasteiger partial charge >= 0.3 is 0 Å². The zero-order chi connectivity index (χ0) is 22.6. The van der Waals surface area contributed by atoms with Crippen molar-refractivity contribution in [3.63, 3.8) is 0 Å². The van der Waals surface area contributed by atoms with E-state index in [1.165, 1.54) is 0 Å². The molecule has 1 saturated carbocycles. The largest absolute Gasteiger partial charge is 0.484 e. The Morgan fingerprint density at radius 3 is 2.52 bits per heavy atom. The van der Waals surface area contributed by atoms with Crippen molar-refractivity contribution >= 4 is 11.6 Å². The van der Waals surface area contributed by atoms with E-state index in [0.717, 1.165) is 18.5 Å². The average molecular weight is 416 g/mol. The zero-order valence-electron chi connectivity index (χ0n) is 17.3. The summed E-state index contributed by atoms with van der Waals surface area (Å²) in [5.41, 5.74) is 4.74. The summed E-state index contributed by atoms with van der Waals surface area (Å²) >= 11 is 0. The molecular weight excluding hydrogens is 392 g/mol. The number of carbonyl (C=O) groups excluding carboxylic acids is 1. The second kappa shape index (κ2) is 9.00. The summed E-state index contributed by atoms with van der Waals surface area (Å²) in [5, 5.41) is 38.6. The monoisotopic (exact) mass is 416 g/mol. The second-order valence-electron chi connectivity index (χ2n) is 7.88. The number of fused-ring (bicyclic) bond motifs is 1. The van der Waals surface area contributed by atoms with Crippen molar-refractivity contribution in [3.05, 3.63) is 41.5 Å². The summed E-state index contributed by atoms with van der Waals surface area (Å²) in [6.07, 6.45) is 2.95. The number of carbonyl (C=O) groups is 1. The van der Waals surface area contributed by atoms with E-state index in [0.29, 0.717) is 24.4 Å². The van der Waals surface area contributed by atoms with Gasteiger partial charge in [0.2, 0.25) is 0 Å². The van der Waals surface area contributed by atoms with Crippen LogP contribution in [0.3, 0.4) is 0 Å². The highest BCUT2D eigenvalue weighted by Gasteiger charge is 2.57. The van der Waals surface area contributed by atoms with Crippen LogP contribution in [0.2, 0.25) is 0 Å². The molecule has 31 heavy (non-hydrogen) atoms. The van der Waals surface area contributed by atoms with Crippen molar-refractivity contribution in [2.75, 3.05) is 26.2 Å². The molecule has 8 heteroatoms. The van der Waals surface area contributed by atoms with Gasteiger partial charge in [-0.2, -0.15) is 15.8 Å². The minimum Gasteiger partial charge on any atom is -0.484 e. The normalized spacial score (nSPS) is 24.6. The van der Waals surface area contributed by atoms with E-state index in [2.05, 4.69) is 30.0 Å². The van der Waals surface area contributed by atoms with Gasteiger partial charge in [-0.15, -0.1) is 0 Å². The van der Waals surface area contributed by atoms with Gasteiger partial charge in [0, 0.05) is 24.9 Å². The van der Waals surface area contributed by atoms with E-state index in [9.17, 15) is 20.6 Å². The molecule has 1 fully saturated rings. The molecule has 0 aromatic heterocycles. The molecule has 158 valence electrons. The van der Waals surface area contributed by atoms with E-state index in [1.54, 1.807) is 24.3 Å². The molecule has 1 amide bonds. The summed E-state index contributed by atoms with van der Waals surface area (Å²) in [6.45, 7) is 4.00. The molecule has 1 aromatic rings.